The first-order valence-electron chi connectivity index (χ1n) is 8.82. The highest BCUT2D eigenvalue weighted by Crippen LogP contribution is 2.13. The second-order valence-electron chi connectivity index (χ2n) is 6.42. The highest BCUT2D eigenvalue weighted by atomic mass is 16.5. The Labute approximate surface area is 154 Å². The highest BCUT2D eigenvalue weighted by molar-refractivity contribution is 5.93. The van der Waals surface area contributed by atoms with Crippen LogP contribution in [0.25, 0.3) is 0 Å². The average Bonchev–Trinajstić information content (AvgIpc) is 2.69. The Kier molecular flexibility index (Phi) is 6.01. The van der Waals surface area contributed by atoms with Crippen molar-refractivity contribution in [2.24, 2.45) is 0 Å². The zero-order chi connectivity index (χ0) is 18.4. The minimum Gasteiger partial charge on any atom is -0.497 e. The molecular formula is C19H25N5O2. The average molecular weight is 355 g/mol. The maximum atomic E-state index is 12.5. The zero-order valence-corrected chi connectivity index (χ0v) is 15.3. The molecule has 2 aromatic rings. The van der Waals surface area contributed by atoms with Gasteiger partial charge < -0.3 is 19.9 Å². The van der Waals surface area contributed by atoms with E-state index in [2.05, 4.69) is 33.3 Å². The number of rotatable bonds is 6. The van der Waals surface area contributed by atoms with Crippen LogP contribution in [0.5, 0.6) is 5.75 Å². The molecule has 0 radical (unpaired) electrons. The summed E-state index contributed by atoms with van der Waals surface area (Å²) < 4.78 is 5.23. The number of ether oxygens (including phenoxy) is 1. The molecule has 1 aliphatic heterocycles. The van der Waals surface area contributed by atoms with Gasteiger partial charge in [-0.2, -0.15) is 0 Å². The lowest BCUT2D eigenvalue weighted by molar-refractivity contribution is 0.0663. The normalized spacial score (nSPS) is 14.9. The van der Waals surface area contributed by atoms with Gasteiger partial charge in [0.05, 0.1) is 12.7 Å². The molecule has 0 saturated carbocycles. The van der Waals surface area contributed by atoms with Crippen LogP contribution >= 0.6 is 0 Å². The van der Waals surface area contributed by atoms with Crippen LogP contribution in [0.15, 0.2) is 36.7 Å². The molecule has 7 nitrogen and oxygen atoms in total. The third-order valence-electron chi connectivity index (χ3n) is 4.52. The molecule has 3 rings (SSSR count). The number of anilines is 1. The van der Waals surface area contributed by atoms with Crippen LogP contribution in [0.4, 0.5) is 5.95 Å². The number of hydrogen-bond donors (Lipinski definition) is 1. The Hall–Kier alpha value is -2.67. The van der Waals surface area contributed by atoms with Crippen molar-refractivity contribution in [3.63, 3.8) is 0 Å². The lowest BCUT2D eigenvalue weighted by atomic mass is 10.1. The first-order valence-corrected chi connectivity index (χ1v) is 8.82. The van der Waals surface area contributed by atoms with Crippen LogP contribution in [0.1, 0.15) is 15.9 Å². The second-order valence-corrected chi connectivity index (χ2v) is 6.42. The number of carbonyl (C=O) groups is 1. The lowest BCUT2D eigenvalue weighted by Gasteiger charge is -2.32. The van der Waals surface area contributed by atoms with E-state index in [1.807, 2.05) is 23.1 Å². The van der Waals surface area contributed by atoms with E-state index in [-0.39, 0.29) is 5.91 Å². The molecule has 1 amide bonds. The van der Waals surface area contributed by atoms with Crippen molar-refractivity contribution < 1.29 is 9.53 Å². The number of likely N-dealkylation sites (N-methyl/N-ethyl adjacent to an activating group) is 1. The number of carbonyl (C=O) groups excluding carboxylic acids is 1. The van der Waals surface area contributed by atoms with Crippen molar-refractivity contribution in [2.75, 3.05) is 52.2 Å². The van der Waals surface area contributed by atoms with Gasteiger partial charge >= 0.3 is 0 Å². The molecule has 2 heterocycles. The Balaban J connectivity index is 1.50. The van der Waals surface area contributed by atoms with Gasteiger partial charge in [0.15, 0.2) is 0 Å². The van der Waals surface area contributed by atoms with E-state index in [1.54, 1.807) is 19.5 Å². The van der Waals surface area contributed by atoms with Crippen LogP contribution < -0.4 is 10.1 Å². The van der Waals surface area contributed by atoms with E-state index in [0.717, 1.165) is 38.3 Å². The summed E-state index contributed by atoms with van der Waals surface area (Å²) >= 11 is 0. The summed E-state index contributed by atoms with van der Waals surface area (Å²) in [5.74, 6) is 1.38. The fourth-order valence-corrected chi connectivity index (χ4v) is 2.87. The van der Waals surface area contributed by atoms with Gasteiger partial charge in [0.2, 0.25) is 5.95 Å². The van der Waals surface area contributed by atoms with Crippen LogP contribution in [-0.2, 0) is 6.42 Å². The molecule has 7 heteroatoms. The molecule has 0 aliphatic carbocycles. The van der Waals surface area contributed by atoms with Crippen LogP contribution in [0.2, 0.25) is 0 Å². The largest absolute Gasteiger partial charge is 0.497 e. The van der Waals surface area contributed by atoms with E-state index in [0.29, 0.717) is 18.1 Å². The van der Waals surface area contributed by atoms with E-state index < -0.39 is 0 Å². The van der Waals surface area contributed by atoms with Gasteiger partial charge in [0.1, 0.15) is 5.75 Å². The number of nitrogens with one attached hydrogen (secondary N) is 1. The molecule has 138 valence electrons. The Morgan fingerprint density at radius 1 is 1.19 bits per heavy atom. The fraction of sp³-hybridized carbons (Fsp3) is 0.421. The van der Waals surface area contributed by atoms with Crippen molar-refractivity contribution >= 4 is 11.9 Å². The molecule has 26 heavy (non-hydrogen) atoms. The Morgan fingerprint density at radius 2 is 1.92 bits per heavy atom. The number of aromatic nitrogens is 2. The second kappa shape index (κ2) is 8.62. The van der Waals surface area contributed by atoms with Crippen molar-refractivity contribution in [1.82, 2.24) is 19.8 Å². The van der Waals surface area contributed by atoms with Crippen LogP contribution in [0.3, 0.4) is 0 Å². The topological polar surface area (TPSA) is 70.6 Å². The molecule has 1 fully saturated rings. The number of amides is 1. The molecular weight excluding hydrogens is 330 g/mol. The summed E-state index contributed by atoms with van der Waals surface area (Å²) in [7, 11) is 3.73. The molecule has 0 atom stereocenters. The minimum atomic E-state index is 0.000954. The Morgan fingerprint density at radius 3 is 2.62 bits per heavy atom. The quantitative estimate of drug-likeness (QED) is 0.847. The van der Waals surface area contributed by atoms with E-state index in [1.165, 1.54) is 5.56 Å². The molecule has 1 aliphatic rings. The maximum Gasteiger partial charge on any atom is 0.257 e. The number of nitrogens with zero attached hydrogens (tertiary/aromatic N) is 4. The molecule has 0 bridgehead atoms. The summed E-state index contributed by atoms with van der Waals surface area (Å²) in [6, 6.07) is 7.97. The van der Waals surface area contributed by atoms with Gasteiger partial charge in [0.25, 0.3) is 5.91 Å². The van der Waals surface area contributed by atoms with Gasteiger partial charge in [-0.1, -0.05) is 12.1 Å². The third kappa shape index (κ3) is 4.70. The van der Waals surface area contributed by atoms with E-state index in [4.69, 9.17) is 4.74 Å². The number of benzene rings is 1. The SMILES string of the molecule is COc1cccc(CCNc2ncc(C(=O)N3CCN(C)CC3)cn2)c1. The smallest absolute Gasteiger partial charge is 0.257 e. The molecule has 1 saturated heterocycles. The van der Waals surface area contributed by atoms with Crippen LogP contribution in [0, 0.1) is 0 Å². The minimum absolute atomic E-state index is 0.000954. The van der Waals surface area contributed by atoms with Gasteiger partial charge in [0, 0.05) is 45.1 Å². The number of methoxy groups -OCH3 is 1. The first kappa shape index (κ1) is 18.1. The first-order chi connectivity index (χ1) is 12.7. The molecule has 1 aromatic heterocycles. The van der Waals surface area contributed by atoms with Crippen molar-refractivity contribution in [3.8, 4) is 5.75 Å². The third-order valence-corrected chi connectivity index (χ3v) is 4.52. The Bertz CT molecular complexity index is 727. The maximum absolute atomic E-state index is 12.5. The van der Waals surface area contributed by atoms with Crippen molar-refractivity contribution in [3.05, 3.63) is 47.8 Å². The summed E-state index contributed by atoms with van der Waals surface area (Å²) in [4.78, 5) is 25.1. The predicted molar refractivity (Wildman–Crippen MR) is 101 cm³/mol. The van der Waals surface area contributed by atoms with E-state index >= 15 is 0 Å². The summed E-state index contributed by atoms with van der Waals surface area (Å²) in [6.07, 6.45) is 4.03. The van der Waals surface area contributed by atoms with Gasteiger partial charge in [-0.15, -0.1) is 0 Å². The lowest BCUT2D eigenvalue weighted by Crippen LogP contribution is -2.47. The summed E-state index contributed by atoms with van der Waals surface area (Å²) in [6.45, 7) is 4.00. The number of piperazine rings is 1. The van der Waals surface area contributed by atoms with Gasteiger partial charge in [-0.05, 0) is 31.2 Å². The summed E-state index contributed by atoms with van der Waals surface area (Å²) in [5.41, 5.74) is 1.71. The fourth-order valence-electron chi connectivity index (χ4n) is 2.87. The molecule has 0 unspecified atom stereocenters. The molecule has 1 N–H and O–H groups in total. The van der Waals surface area contributed by atoms with Gasteiger partial charge in [-0.25, -0.2) is 9.97 Å². The molecule has 0 spiro atoms. The molecule has 1 aromatic carbocycles. The van der Waals surface area contributed by atoms with E-state index in [9.17, 15) is 4.79 Å². The van der Waals surface area contributed by atoms with Crippen molar-refractivity contribution in [1.29, 1.82) is 0 Å². The summed E-state index contributed by atoms with van der Waals surface area (Å²) in [5, 5.41) is 3.19. The monoisotopic (exact) mass is 355 g/mol. The highest BCUT2D eigenvalue weighted by Gasteiger charge is 2.20. The van der Waals surface area contributed by atoms with Crippen molar-refractivity contribution in [2.45, 2.75) is 6.42 Å². The zero-order valence-electron chi connectivity index (χ0n) is 15.3. The predicted octanol–water partition coefficient (Wildman–Crippen LogP) is 1.53. The van der Waals surface area contributed by atoms with Gasteiger partial charge in [-0.3, -0.25) is 4.79 Å². The number of hydrogen-bond acceptors (Lipinski definition) is 6. The standard InChI is InChI=1S/C19H25N5O2/c1-23-8-10-24(11-9-23)18(25)16-13-21-19(22-14-16)20-7-6-15-4-3-5-17(12-15)26-2/h3-5,12-14H,6-11H2,1-2H3,(H,20,21,22). The van der Waals surface area contributed by atoms with Crippen LogP contribution in [-0.4, -0.2) is 72.6 Å².